The normalized spacial score (nSPS) is 11.7. The van der Waals surface area contributed by atoms with Gasteiger partial charge in [-0.05, 0) is 19.4 Å². The Bertz CT molecular complexity index is 671. The average Bonchev–Trinajstić information content (AvgIpc) is 2.54. The Hall–Kier alpha value is -3.23. The number of hydrogen-bond donors (Lipinski definition) is 2. The number of carbonyl (C=O) groups is 3. The summed E-state index contributed by atoms with van der Waals surface area (Å²) in [5, 5.41) is 13.1. The topological polar surface area (TPSA) is 142 Å². The minimum atomic E-state index is -1.07. The van der Waals surface area contributed by atoms with E-state index in [9.17, 15) is 24.5 Å². The lowest BCUT2D eigenvalue weighted by Gasteiger charge is -2.13. The highest BCUT2D eigenvalue weighted by Crippen LogP contribution is 2.13. The molecule has 0 fully saturated rings. The van der Waals surface area contributed by atoms with Gasteiger partial charge in [-0.2, -0.15) is 0 Å². The summed E-state index contributed by atoms with van der Waals surface area (Å²) in [7, 11) is 0. The highest BCUT2D eigenvalue weighted by Gasteiger charge is 2.19. The van der Waals surface area contributed by atoms with E-state index >= 15 is 0 Å². The number of nitrogens with zero attached hydrogens (tertiary/aromatic N) is 1. The van der Waals surface area contributed by atoms with Gasteiger partial charge < -0.3 is 15.8 Å². The molecular weight excluding hydrogens is 318 g/mol. The number of nitro groups is 1. The number of hydrogen-bond acceptors (Lipinski definition) is 6. The third-order valence-corrected chi connectivity index (χ3v) is 2.88. The second-order valence-electron chi connectivity index (χ2n) is 4.63. The highest BCUT2D eigenvalue weighted by atomic mass is 16.6. The van der Waals surface area contributed by atoms with Crippen LogP contribution in [0.1, 0.15) is 23.7 Å². The Morgan fingerprint density at radius 2 is 2.12 bits per heavy atom. The van der Waals surface area contributed by atoms with Crippen LogP contribution in [0.4, 0.5) is 5.69 Å². The van der Waals surface area contributed by atoms with Gasteiger partial charge in [-0.25, -0.2) is 4.79 Å². The van der Waals surface area contributed by atoms with Crippen molar-refractivity contribution in [1.82, 2.24) is 5.32 Å². The Balaban J connectivity index is 2.76. The number of amides is 2. The molecule has 1 rings (SSSR count). The molecule has 2 amide bonds. The van der Waals surface area contributed by atoms with E-state index in [0.29, 0.717) is 0 Å². The summed E-state index contributed by atoms with van der Waals surface area (Å²) in [6, 6.07) is 3.98. The van der Waals surface area contributed by atoms with Crippen molar-refractivity contribution >= 4 is 23.5 Å². The summed E-state index contributed by atoms with van der Waals surface area (Å²) in [6.45, 7) is 1.86. The van der Waals surface area contributed by atoms with Gasteiger partial charge in [-0.15, -0.1) is 0 Å². The molecular formula is C15H17N3O6. The van der Waals surface area contributed by atoms with E-state index in [-0.39, 0.29) is 24.3 Å². The Morgan fingerprint density at radius 3 is 2.71 bits per heavy atom. The fourth-order valence-corrected chi connectivity index (χ4v) is 1.74. The van der Waals surface area contributed by atoms with Crippen LogP contribution in [0, 0.1) is 10.1 Å². The molecule has 0 heterocycles. The third-order valence-electron chi connectivity index (χ3n) is 2.88. The zero-order chi connectivity index (χ0) is 18.1. The van der Waals surface area contributed by atoms with Crippen LogP contribution in [0.5, 0.6) is 0 Å². The Kier molecular flexibility index (Phi) is 7.08. The van der Waals surface area contributed by atoms with Gasteiger partial charge in [-0.1, -0.05) is 12.1 Å². The van der Waals surface area contributed by atoms with E-state index in [1.54, 1.807) is 6.92 Å². The standard InChI is InChI=1S/C15H17N3O6/c1-2-24-13(19)8-4-7-12(14(16)20)17-15(21)10-5-3-6-11(9-10)18(22)23/h3-6,8-9,12H,2,7H2,1H3,(H2,16,20)(H,17,21)/b8-4+/t12-/m0/s1. The SMILES string of the molecule is CCOC(=O)/C=C/C[C@H](NC(=O)c1cccc([N+](=O)[O-])c1)C(N)=O. The second kappa shape index (κ2) is 9.03. The van der Waals surface area contributed by atoms with Crippen LogP contribution in [0.2, 0.25) is 0 Å². The predicted octanol–water partition coefficient (Wildman–Crippen LogP) is 0.688. The fraction of sp³-hybridized carbons (Fsp3) is 0.267. The molecule has 0 saturated heterocycles. The number of primary amides is 1. The third kappa shape index (κ3) is 5.87. The van der Waals surface area contributed by atoms with Crippen molar-refractivity contribution < 1.29 is 24.0 Å². The maximum atomic E-state index is 12.1. The van der Waals surface area contributed by atoms with Crippen LogP contribution in [0.15, 0.2) is 36.4 Å². The van der Waals surface area contributed by atoms with E-state index in [1.807, 2.05) is 0 Å². The number of carbonyl (C=O) groups excluding carboxylic acids is 3. The molecule has 1 aromatic carbocycles. The van der Waals surface area contributed by atoms with Crippen molar-refractivity contribution in [1.29, 1.82) is 0 Å². The van der Waals surface area contributed by atoms with Crippen molar-refractivity contribution in [2.45, 2.75) is 19.4 Å². The molecule has 9 nitrogen and oxygen atoms in total. The molecule has 0 aliphatic heterocycles. The van der Waals surface area contributed by atoms with E-state index in [4.69, 9.17) is 5.73 Å². The lowest BCUT2D eigenvalue weighted by molar-refractivity contribution is -0.384. The number of nitrogens with two attached hydrogens (primary N) is 1. The Labute approximate surface area is 137 Å². The van der Waals surface area contributed by atoms with Crippen molar-refractivity contribution in [2.24, 2.45) is 5.73 Å². The van der Waals surface area contributed by atoms with Gasteiger partial charge in [0.1, 0.15) is 6.04 Å². The lowest BCUT2D eigenvalue weighted by Crippen LogP contribution is -2.44. The molecule has 0 aliphatic rings. The number of ether oxygens (including phenoxy) is 1. The molecule has 9 heteroatoms. The van der Waals surface area contributed by atoms with Gasteiger partial charge in [0.2, 0.25) is 5.91 Å². The van der Waals surface area contributed by atoms with Crippen LogP contribution in [-0.2, 0) is 14.3 Å². The average molecular weight is 335 g/mol. The molecule has 24 heavy (non-hydrogen) atoms. The largest absolute Gasteiger partial charge is 0.463 e. The van der Waals surface area contributed by atoms with Gasteiger partial charge in [0, 0.05) is 23.8 Å². The molecule has 3 N–H and O–H groups in total. The number of esters is 1. The minimum absolute atomic E-state index is 0.0184. The van der Waals surface area contributed by atoms with E-state index in [1.165, 1.54) is 24.3 Å². The maximum Gasteiger partial charge on any atom is 0.330 e. The number of benzene rings is 1. The van der Waals surface area contributed by atoms with Crippen molar-refractivity contribution in [3.63, 3.8) is 0 Å². The number of nitrogens with one attached hydrogen (secondary N) is 1. The van der Waals surface area contributed by atoms with Crippen molar-refractivity contribution in [3.8, 4) is 0 Å². The van der Waals surface area contributed by atoms with E-state index < -0.39 is 28.7 Å². The molecule has 0 unspecified atom stereocenters. The van der Waals surface area contributed by atoms with Crippen LogP contribution in [0.3, 0.4) is 0 Å². The summed E-state index contributed by atoms with van der Waals surface area (Å²) < 4.78 is 4.68. The smallest absolute Gasteiger partial charge is 0.330 e. The zero-order valence-corrected chi connectivity index (χ0v) is 12.9. The molecule has 0 aromatic heterocycles. The maximum absolute atomic E-state index is 12.1. The number of nitro benzene ring substituents is 1. The molecule has 0 spiro atoms. The van der Waals surface area contributed by atoms with Crippen molar-refractivity contribution in [3.05, 3.63) is 52.1 Å². The van der Waals surface area contributed by atoms with E-state index in [0.717, 1.165) is 12.1 Å². The summed E-state index contributed by atoms with van der Waals surface area (Å²) in [5.41, 5.74) is 4.97. The second-order valence-corrected chi connectivity index (χ2v) is 4.63. The summed E-state index contributed by atoms with van der Waals surface area (Å²) in [6.07, 6.45) is 2.45. The van der Waals surface area contributed by atoms with Gasteiger partial charge in [0.15, 0.2) is 0 Å². The zero-order valence-electron chi connectivity index (χ0n) is 12.9. The molecule has 0 radical (unpaired) electrons. The molecule has 0 bridgehead atoms. The highest BCUT2D eigenvalue weighted by molar-refractivity contribution is 5.97. The molecule has 1 atom stereocenters. The first kappa shape index (κ1) is 18.8. The van der Waals surface area contributed by atoms with Crippen LogP contribution >= 0.6 is 0 Å². The van der Waals surface area contributed by atoms with Gasteiger partial charge >= 0.3 is 5.97 Å². The van der Waals surface area contributed by atoms with Crippen LogP contribution < -0.4 is 11.1 Å². The monoisotopic (exact) mass is 335 g/mol. The minimum Gasteiger partial charge on any atom is -0.463 e. The summed E-state index contributed by atoms with van der Waals surface area (Å²) >= 11 is 0. The molecule has 0 aliphatic carbocycles. The number of non-ortho nitro benzene ring substituents is 1. The van der Waals surface area contributed by atoms with Crippen LogP contribution in [-0.4, -0.2) is 35.4 Å². The summed E-state index contributed by atoms with van der Waals surface area (Å²) in [4.78, 5) is 44.7. The predicted molar refractivity (Wildman–Crippen MR) is 83.9 cm³/mol. The quantitative estimate of drug-likeness (QED) is 0.310. The lowest BCUT2D eigenvalue weighted by atomic mass is 10.1. The van der Waals surface area contributed by atoms with Gasteiger partial charge in [0.05, 0.1) is 11.5 Å². The first-order chi connectivity index (χ1) is 11.3. The Morgan fingerprint density at radius 1 is 1.42 bits per heavy atom. The van der Waals surface area contributed by atoms with Crippen molar-refractivity contribution in [2.75, 3.05) is 6.61 Å². The molecule has 128 valence electrons. The first-order valence-electron chi connectivity index (χ1n) is 7.03. The van der Waals surface area contributed by atoms with Gasteiger partial charge in [-0.3, -0.25) is 19.7 Å². The molecule has 0 saturated carbocycles. The fourth-order valence-electron chi connectivity index (χ4n) is 1.74. The first-order valence-corrected chi connectivity index (χ1v) is 7.03. The summed E-state index contributed by atoms with van der Waals surface area (Å²) in [5.74, 6) is -2.07. The van der Waals surface area contributed by atoms with E-state index in [2.05, 4.69) is 10.1 Å². The molecule has 1 aromatic rings. The van der Waals surface area contributed by atoms with Gasteiger partial charge in [0.25, 0.3) is 11.6 Å². The number of rotatable bonds is 8. The van der Waals surface area contributed by atoms with Crippen LogP contribution in [0.25, 0.3) is 0 Å².